The van der Waals surface area contributed by atoms with Crippen molar-refractivity contribution in [3.05, 3.63) is 75.7 Å². The summed E-state index contributed by atoms with van der Waals surface area (Å²) in [5.41, 5.74) is 5.03. The monoisotopic (exact) mass is 458 g/mol. The topological polar surface area (TPSA) is 118 Å². The van der Waals surface area contributed by atoms with Crippen molar-refractivity contribution in [3.8, 4) is 5.75 Å². The van der Waals surface area contributed by atoms with Gasteiger partial charge in [0.05, 0.1) is 11.9 Å². The number of nitrogen functional groups attached to an aromatic ring is 1. The van der Waals surface area contributed by atoms with Gasteiger partial charge < -0.3 is 15.8 Å². The first-order chi connectivity index (χ1) is 15.0. The predicted octanol–water partition coefficient (Wildman–Crippen LogP) is 4.13. The van der Waals surface area contributed by atoms with E-state index in [2.05, 4.69) is 10.3 Å². The first-order valence-corrected chi connectivity index (χ1v) is 10.2. The Balaban J connectivity index is 1.65. The number of rotatable bonds is 7. The molecule has 0 saturated heterocycles. The first kappa shape index (κ1) is 23.0. The number of carbonyl (C=O) groups is 2. The number of benzene rings is 1. The fourth-order valence-corrected chi connectivity index (χ4v) is 3.86. The van der Waals surface area contributed by atoms with Crippen molar-refractivity contribution in [3.63, 3.8) is 0 Å². The maximum absolute atomic E-state index is 14.1. The number of halogens is 2. The van der Waals surface area contributed by atoms with Crippen LogP contribution in [0.5, 0.6) is 5.75 Å². The summed E-state index contributed by atoms with van der Waals surface area (Å²) < 4.78 is 32.2. The Bertz CT molecular complexity index is 1180. The third kappa shape index (κ3) is 5.52. The number of nitrogens with two attached hydrogens (primary N) is 1. The minimum atomic E-state index is -0.838. The predicted molar refractivity (Wildman–Crippen MR) is 117 cm³/mol. The molecular weight excluding hydrogens is 438 g/mol. The van der Waals surface area contributed by atoms with E-state index in [1.54, 1.807) is 26.0 Å². The molecule has 1 amide bonds. The molecule has 32 heavy (non-hydrogen) atoms. The molecule has 0 aliphatic heterocycles. The number of ether oxygens (including phenoxy) is 1. The number of pyridine rings is 1. The molecule has 4 N–H and O–H groups in total. The van der Waals surface area contributed by atoms with Gasteiger partial charge in [-0.15, -0.1) is 11.3 Å². The summed E-state index contributed by atoms with van der Waals surface area (Å²) in [7, 11) is 0. The SMILES string of the molecule is CC(C)(Cc1ccc(C(=O)Oc2ccc(C(=N)N)cc2F)s1)C(=O)Nc1ccc(F)nc1. The van der Waals surface area contributed by atoms with Crippen LogP contribution in [0.25, 0.3) is 0 Å². The number of nitrogens with one attached hydrogen (secondary N) is 2. The van der Waals surface area contributed by atoms with Gasteiger partial charge in [0.25, 0.3) is 0 Å². The van der Waals surface area contributed by atoms with Crippen LogP contribution in [-0.2, 0) is 11.2 Å². The van der Waals surface area contributed by atoms with Crippen molar-refractivity contribution in [1.82, 2.24) is 4.98 Å². The lowest BCUT2D eigenvalue weighted by Gasteiger charge is -2.22. The summed E-state index contributed by atoms with van der Waals surface area (Å²) in [6, 6.07) is 9.44. The van der Waals surface area contributed by atoms with Crippen molar-refractivity contribution in [1.29, 1.82) is 5.41 Å². The van der Waals surface area contributed by atoms with Crippen LogP contribution >= 0.6 is 11.3 Å². The standard InChI is InChI=1S/C22H20F2N4O3S/c1-22(2,21(30)28-13-4-8-18(24)27-11-13)10-14-5-7-17(32-14)20(29)31-16-6-3-12(19(25)26)9-15(16)23/h3-9,11H,10H2,1-2H3,(H3,25,26)(H,28,30). The number of carbonyl (C=O) groups excluding carboxylic acids is 2. The number of hydrogen-bond acceptors (Lipinski definition) is 6. The molecule has 1 aromatic carbocycles. The summed E-state index contributed by atoms with van der Waals surface area (Å²) in [6.07, 6.45) is 1.55. The fourth-order valence-electron chi connectivity index (χ4n) is 2.75. The van der Waals surface area contributed by atoms with Crippen LogP contribution in [0.1, 0.15) is 34.0 Å². The molecule has 0 fully saturated rings. The lowest BCUT2D eigenvalue weighted by atomic mass is 9.87. The Kier molecular flexibility index (Phi) is 6.64. The van der Waals surface area contributed by atoms with Gasteiger partial charge in [-0.2, -0.15) is 4.39 Å². The molecule has 0 aliphatic rings. The van der Waals surface area contributed by atoms with Gasteiger partial charge in [0, 0.05) is 15.9 Å². The molecule has 10 heteroatoms. The summed E-state index contributed by atoms with van der Waals surface area (Å²) in [4.78, 5) is 29.5. The normalized spacial score (nSPS) is 11.1. The lowest BCUT2D eigenvalue weighted by molar-refractivity contribution is -0.123. The van der Waals surface area contributed by atoms with Crippen LogP contribution < -0.4 is 15.8 Å². The molecule has 0 atom stereocenters. The van der Waals surface area contributed by atoms with E-state index in [9.17, 15) is 18.4 Å². The quantitative estimate of drug-likeness (QED) is 0.162. The highest BCUT2D eigenvalue weighted by Crippen LogP contribution is 2.29. The molecule has 0 saturated carbocycles. The Morgan fingerprint density at radius 2 is 1.94 bits per heavy atom. The molecule has 166 valence electrons. The third-order valence-electron chi connectivity index (χ3n) is 4.52. The molecule has 0 radical (unpaired) electrons. The number of amides is 1. The second kappa shape index (κ2) is 9.23. The molecular formula is C22H20F2N4O3S. The van der Waals surface area contributed by atoms with Gasteiger partial charge in [-0.1, -0.05) is 13.8 Å². The van der Waals surface area contributed by atoms with Crippen LogP contribution in [0.3, 0.4) is 0 Å². The second-order valence-electron chi connectivity index (χ2n) is 7.60. The maximum atomic E-state index is 14.1. The molecule has 7 nitrogen and oxygen atoms in total. The first-order valence-electron chi connectivity index (χ1n) is 9.43. The minimum absolute atomic E-state index is 0.178. The van der Waals surface area contributed by atoms with Crippen molar-refractivity contribution >= 4 is 34.7 Å². The highest BCUT2D eigenvalue weighted by molar-refractivity contribution is 7.14. The van der Waals surface area contributed by atoms with Gasteiger partial charge in [-0.05, 0) is 48.9 Å². The summed E-state index contributed by atoms with van der Waals surface area (Å²) in [5, 5.41) is 10.0. The van der Waals surface area contributed by atoms with Crippen molar-refractivity contribution in [2.75, 3.05) is 5.32 Å². The van der Waals surface area contributed by atoms with Crippen LogP contribution in [0.2, 0.25) is 0 Å². The average Bonchev–Trinajstić information content (AvgIpc) is 3.19. The largest absolute Gasteiger partial charge is 0.419 e. The maximum Gasteiger partial charge on any atom is 0.353 e. The van der Waals surface area contributed by atoms with Crippen molar-refractivity contribution < 1.29 is 23.1 Å². The van der Waals surface area contributed by atoms with Crippen LogP contribution in [0.4, 0.5) is 14.5 Å². The smallest absolute Gasteiger partial charge is 0.353 e. The molecule has 0 aliphatic carbocycles. The van der Waals surface area contributed by atoms with Gasteiger partial charge in [-0.25, -0.2) is 14.2 Å². The van der Waals surface area contributed by atoms with E-state index >= 15 is 0 Å². The van der Waals surface area contributed by atoms with E-state index in [0.717, 1.165) is 28.3 Å². The highest BCUT2D eigenvalue weighted by atomic mass is 32.1. The lowest BCUT2D eigenvalue weighted by Crippen LogP contribution is -2.32. The van der Waals surface area contributed by atoms with Crippen molar-refractivity contribution in [2.24, 2.45) is 11.1 Å². The summed E-state index contributed by atoms with van der Waals surface area (Å²) in [6.45, 7) is 3.48. The summed E-state index contributed by atoms with van der Waals surface area (Å²) in [5.74, 6) is -3.06. The number of aromatic nitrogens is 1. The van der Waals surface area contributed by atoms with Crippen LogP contribution in [0, 0.1) is 22.6 Å². The highest BCUT2D eigenvalue weighted by Gasteiger charge is 2.29. The molecule has 2 heterocycles. The Hall–Kier alpha value is -3.66. The number of esters is 1. The van der Waals surface area contributed by atoms with E-state index in [-0.39, 0.29) is 27.9 Å². The van der Waals surface area contributed by atoms with Gasteiger partial charge >= 0.3 is 5.97 Å². The number of nitrogens with zero attached hydrogens (tertiary/aromatic N) is 1. The zero-order valence-corrected chi connectivity index (χ0v) is 18.1. The minimum Gasteiger partial charge on any atom is -0.419 e. The molecule has 2 aromatic heterocycles. The number of thiophene rings is 1. The molecule has 0 bridgehead atoms. The van der Waals surface area contributed by atoms with E-state index in [1.165, 1.54) is 24.4 Å². The second-order valence-corrected chi connectivity index (χ2v) is 8.77. The zero-order valence-electron chi connectivity index (χ0n) is 17.2. The van der Waals surface area contributed by atoms with Gasteiger partial charge in [0.15, 0.2) is 11.6 Å². The Morgan fingerprint density at radius 1 is 1.19 bits per heavy atom. The zero-order chi connectivity index (χ0) is 23.5. The molecule has 0 unspecified atom stereocenters. The van der Waals surface area contributed by atoms with Crippen LogP contribution in [0.15, 0.2) is 48.7 Å². The molecule has 3 aromatic rings. The van der Waals surface area contributed by atoms with Gasteiger partial charge in [0.2, 0.25) is 11.9 Å². The Morgan fingerprint density at radius 3 is 2.56 bits per heavy atom. The average molecular weight is 458 g/mol. The molecule has 0 spiro atoms. The van der Waals surface area contributed by atoms with Gasteiger partial charge in [0.1, 0.15) is 10.7 Å². The molecule has 3 rings (SSSR count). The number of amidine groups is 1. The Labute approximate surface area is 186 Å². The van der Waals surface area contributed by atoms with Gasteiger partial charge in [-0.3, -0.25) is 10.2 Å². The van der Waals surface area contributed by atoms with E-state index in [1.807, 2.05) is 0 Å². The fraction of sp³-hybridized carbons (Fsp3) is 0.182. The van der Waals surface area contributed by atoms with E-state index in [4.69, 9.17) is 15.9 Å². The third-order valence-corrected chi connectivity index (χ3v) is 5.59. The van der Waals surface area contributed by atoms with Crippen LogP contribution in [-0.4, -0.2) is 22.7 Å². The summed E-state index contributed by atoms with van der Waals surface area (Å²) >= 11 is 1.13. The van der Waals surface area contributed by atoms with E-state index in [0.29, 0.717) is 12.1 Å². The number of hydrogen-bond donors (Lipinski definition) is 3. The van der Waals surface area contributed by atoms with Crippen molar-refractivity contribution in [2.45, 2.75) is 20.3 Å². The van der Waals surface area contributed by atoms with E-state index < -0.39 is 23.1 Å². The number of anilines is 1.